The van der Waals surface area contributed by atoms with E-state index in [9.17, 15) is 0 Å². The van der Waals surface area contributed by atoms with Crippen LogP contribution in [0.4, 0.5) is 0 Å². The van der Waals surface area contributed by atoms with E-state index in [1.165, 1.54) is 11.3 Å². The largest absolute Gasteiger partial charge is 0.469 e. The Labute approximate surface area is 90.6 Å². The van der Waals surface area contributed by atoms with Crippen LogP contribution in [0, 0.1) is 0 Å². The van der Waals surface area contributed by atoms with Gasteiger partial charge in [-0.15, -0.1) is 0 Å². The van der Waals surface area contributed by atoms with E-state index in [2.05, 4.69) is 33.2 Å². The van der Waals surface area contributed by atoms with Gasteiger partial charge in [0.25, 0.3) is 5.19 Å². The molecule has 0 amide bonds. The van der Waals surface area contributed by atoms with Crippen LogP contribution in [-0.2, 0) is 0 Å². The van der Waals surface area contributed by atoms with E-state index in [1.807, 2.05) is 5.38 Å². The lowest BCUT2D eigenvalue weighted by Crippen LogP contribution is -2.21. The van der Waals surface area contributed by atoms with Crippen molar-refractivity contribution < 1.29 is 4.74 Å². The number of nitrogens with zero attached hydrogens (tertiary/aromatic N) is 1. The minimum absolute atomic E-state index is 0.681. The van der Waals surface area contributed by atoms with Crippen molar-refractivity contribution in [1.29, 1.82) is 0 Å². The molecule has 0 aromatic carbocycles. The highest BCUT2D eigenvalue weighted by Crippen LogP contribution is 2.21. The highest BCUT2D eigenvalue weighted by molar-refractivity contribution is 9.10. The number of hydrogen-bond donors (Lipinski definition) is 1. The van der Waals surface area contributed by atoms with E-state index >= 15 is 0 Å². The van der Waals surface area contributed by atoms with Crippen molar-refractivity contribution in [2.45, 2.75) is 13.3 Å². The Morgan fingerprint density at radius 3 is 3.08 bits per heavy atom. The summed E-state index contributed by atoms with van der Waals surface area (Å²) in [5.41, 5.74) is 0. The van der Waals surface area contributed by atoms with Gasteiger partial charge in [0.15, 0.2) is 0 Å². The number of ether oxygens (including phenoxy) is 1. The average molecular weight is 265 g/mol. The molecule has 0 radical (unpaired) electrons. The van der Waals surface area contributed by atoms with E-state index < -0.39 is 0 Å². The molecule has 0 aliphatic heterocycles. The van der Waals surface area contributed by atoms with Crippen LogP contribution in [0.5, 0.6) is 5.19 Å². The molecule has 0 fully saturated rings. The highest BCUT2D eigenvalue weighted by Gasteiger charge is 1.98. The fraction of sp³-hybridized carbons (Fsp3) is 0.625. The summed E-state index contributed by atoms with van der Waals surface area (Å²) in [5, 5.41) is 5.89. The highest BCUT2D eigenvalue weighted by atomic mass is 79.9. The van der Waals surface area contributed by atoms with Crippen LogP contribution in [0.2, 0.25) is 0 Å². The van der Waals surface area contributed by atoms with Crippen molar-refractivity contribution >= 4 is 27.3 Å². The average Bonchev–Trinajstić information content (AvgIpc) is 2.51. The molecule has 0 atom stereocenters. The zero-order valence-corrected chi connectivity index (χ0v) is 9.95. The van der Waals surface area contributed by atoms with Gasteiger partial charge in [-0.1, -0.05) is 18.3 Å². The van der Waals surface area contributed by atoms with Gasteiger partial charge in [0.05, 0.1) is 0 Å². The van der Waals surface area contributed by atoms with Crippen molar-refractivity contribution in [1.82, 2.24) is 10.3 Å². The summed E-state index contributed by atoms with van der Waals surface area (Å²) in [6.07, 6.45) is 1.16. The number of halogens is 1. The zero-order chi connectivity index (χ0) is 9.52. The maximum atomic E-state index is 5.39. The van der Waals surface area contributed by atoms with Crippen molar-refractivity contribution in [3.63, 3.8) is 0 Å². The lowest BCUT2D eigenvalue weighted by molar-refractivity contribution is 0.312. The van der Waals surface area contributed by atoms with Gasteiger partial charge in [-0.2, -0.15) is 4.98 Å². The van der Waals surface area contributed by atoms with Crippen molar-refractivity contribution in [3.8, 4) is 5.19 Å². The SMILES string of the molecule is CCCNCCOc1nc(Br)cs1. The molecule has 3 nitrogen and oxygen atoms in total. The zero-order valence-electron chi connectivity index (χ0n) is 7.55. The Morgan fingerprint density at radius 2 is 2.46 bits per heavy atom. The molecular formula is C8H13BrN2OS. The van der Waals surface area contributed by atoms with E-state index in [1.54, 1.807) is 0 Å². The Hall–Kier alpha value is -0.130. The maximum Gasteiger partial charge on any atom is 0.274 e. The van der Waals surface area contributed by atoms with Gasteiger partial charge < -0.3 is 10.1 Å². The van der Waals surface area contributed by atoms with Gasteiger partial charge in [0.1, 0.15) is 11.2 Å². The molecular weight excluding hydrogens is 252 g/mol. The molecule has 1 aromatic rings. The predicted molar refractivity (Wildman–Crippen MR) is 58.5 cm³/mol. The molecule has 0 unspecified atom stereocenters. The Kier molecular flexibility index (Phi) is 5.34. The van der Waals surface area contributed by atoms with Crippen LogP contribution in [-0.4, -0.2) is 24.7 Å². The molecule has 0 saturated heterocycles. The second-order valence-corrected chi connectivity index (χ2v) is 4.17. The lowest BCUT2D eigenvalue weighted by atomic mass is 10.5. The van der Waals surface area contributed by atoms with Crippen LogP contribution in [0.3, 0.4) is 0 Å². The summed E-state index contributed by atoms with van der Waals surface area (Å²) >= 11 is 4.78. The normalized spacial score (nSPS) is 10.3. The van der Waals surface area contributed by atoms with Gasteiger partial charge >= 0.3 is 0 Å². The minimum Gasteiger partial charge on any atom is -0.469 e. The van der Waals surface area contributed by atoms with Crippen molar-refractivity contribution in [3.05, 3.63) is 9.98 Å². The number of thiazole rings is 1. The fourth-order valence-electron chi connectivity index (χ4n) is 0.818. The molecule has 0 saturated carbocycles. The summed E-state index contributed by atoms with van der Waals surface area (Å²) < 4.78 is 6.23. The molecule has 0 aliphatic carbocycles. The first-order chi connectivity index (χ1) is 6.33. The first kappa shape index (κ1) is 10.9. The summed E-state index contributed by atoms with van der Waals surface area (Å²) in [6.45, 7) is 4.75. The topological polar surface area (TPSA) is 34.1 Å². The number of hydrogen-bond acceptors (Lipinski definition) is 4. The third-order valence-electron chi connectivity index (χ3n) is 1.39. The Bertz CT molecular complexity index is 242. The summed E-state index contributed by atoms with van der Waals surface area (Å²) in [4.78, 5) is 4.11. The molecule has 13 heavy (non-hydrogen) atoms. The van der Waals surface area contributed by atoms with E-state index in [4.69, 9.17) is 4.74 Å². The van der Waals surface area contributed by atoms with Gasteiger partial charge in [-0.25, -0.2) is 0 Å². The molecule has 0 bridgehead atoms. The lowest BCUT2D eigenvalue weighted by Gasteiger charge is -2.02. The first-order valence-electron chi connectivity index (χ1n) is 4.27. The van der Waals surface area contributed by atoms with Gasteiger partial charge in [0.2, 0.25) is 0 Å². The maximum absolute atomic E-state index is 5.39. The third kappa shape index (κ3) is 4.59. The predicted octanol–water partition coefficient (Wildman–Crippen LogP) is 2.28. The monoisotopic (exact) mass is 264 g/mol. The summed E-state index contributed by atoms with van der Waals surface area (Å²) in [6, 6.07) is 0. The van der Waals surface area contributed by atoms with E-state index in [0.717, 1.165) is 29.3 Å². The second kappa shape index (κ2) is 6.34. The molecule has 1 N–H and O–H groups in total. The van der Waals surface area contributed by atoms with Crippen LogP contribution < -0.4 is 10.1 Å². The molecule has 1 aromatic heterocycles. The van der Waals surface area contributed by atoms with Crippen LogP contribution in [0.1, 0.15) is 13.3 Å². The quantitative estimate of drug-likeness (QED) is 0.801. The number of aromatic nitrogens is 1. The van der Waals surface area contributed by atoms with Crippen LogP contribution in [0.15, 0.2) is 9.98 Å². The summed E-state index contributed by atoms with van der Waals surface area (Å²) in [5.74, 6) is 0. The molecule has 1 rings (SSSR count). The molecule has 1 heterocycles. The minimum atomic E-state index is 0.681. The number of rotatable bonds is 6. The second-order valence-electron chi connectivity index (χ2n) is 2.53. The summed E-state index contributed by atoms with van der Waals surface area (Å²) in [7, 11) is 0. The smallest absolute Gasteiger partial charge is 0.274 e. The Morgan fingerprint density at radius 1 is 1.62 bits per heavy atom. The van der Waals surface area contributed by atoms with Gasteiger partial charge in [0, 0.05) is 11.9 Å². The first-order valence-corrected chi connectivity index (χ1v) is 5.94. The molecule has 5 heteroatoms. The van der Waals surface area contributed by atoms with Gasteiger partial charge in [-0.3, -0.25) is 0 Å². The Balaban J connectivity index is 2.06. The van der Waals surface area contributed by atoms with Gasteiger partial charge in [-0.05, 0) is 28.9 Å². The van der Waals surface area contributed by atoms with Crippen molar-refractivity contribution in [2.24, 2.45) is 0 Å². The van der Waals surface area contributed by atoms with Crippen LogP contribution >= 0.6 is 27.3 Å². The number of nitrogens with one attached hydrogen (secondary N) is 1. The fourth-order valence-corrected chi connectivity index (χ4v) is 1.93. The molecule has 0 aliphatic rings. The molecule has 74 valence electrons. The van der Waals surface area contributed by atoms with Crippen molar-refractivity contribution in [2.75, 3.05) is 19.7 Å². The van der Waals surface area contributed by atoms with E-state index in [0.29, 0.717) is 6.61 Å². The van der Waals surface area contributed by atoms with Crippen LogP contribution in [0.25, 0.3) is 0 Å². The van der Waals surface area contributed by atoms with E-state index in [-0.39, 0.29) is 0 Å². The molecule has 0 spiro atoms. The standard InChI is InChI=1S/C8H13BrN2OS/c1-2-3-10-4-5-12-8-11-7(9)6-13-8/h6,10H,2-5H2,1H3. The third-order valence-corrected chi connectivity index (χ3v) is 2.85.